The molecule has 2 aliphatic heterocycles. The number of fused-ring (bicyclic) bond motifs is 1. The van der Waals surface area contributed by atoms with Gasteiger partial charge in [0.2, 0.25) is 5.95 Å². The molecular weight excluding hydrogens is 268 g/mol. The number of ether oxygens (including phenoxy) is 3. The first-order valence-corrected chi connectivity index (χ1v) is 6.24. The maximum atomic E-state index is 11.9. The van der Waals surface area contributed by atoms with Crippen LogP contribution >= 0.6 is 0 Å². The number of hydrogen-bond donors (Lipinski definition) is 2. The zero-order valence-corrected chi connectivity index (χ0v) is 11.1. The lowest BCUT2D eigenvalue weighted by atomic mass is 10.1. The topological polar surface area (TPSA) is 122 Å². The third-order valence-corrected chi connectivity index (χ3v) is 3.32. The Kier molecular flexibility index (Phi) is 3.01. The molecule has 0 bridgehead atoms. The van der Waals surface area contributed by atoms with Crippen molar-refractivity contribution < 1.29 is 19.3 Å². The van der Waals surface area contributed by atoms with E-state index in [1.54, 1.807) is 13.8 Å². The van der Waals surface area contributed by atoms with Crippen LogP contribution in [0.5, 0.6) is 0 Å². The van der Waals surface area contributed by atoms with Crippen molar-refractivity contribution in [2.45, 2.75) is 44.2 Å². The average molecular weight is 284 g/mol. The van der Waals surface area contributed by atoms with Crippen molar-refractivity contribution in [2.75, 3.05) is 12.3 Å². The molecule has 3 N–H and O–H groups in total. The summed E-state index contributed by atoms with van der Waals surface area (Å²) in [5.41, 5.74) is 4.77. The molecule has 9 nitrogen and oxygen atoms in total. The van der Waals surface area contributed by atoms with Crippen LogP contribution in [0.4, 0.5) is 5.95 Å². The van der Waals surface area contributed by atoms with Gasteiger partial charge in [-0.15, -0.1) is 0 Å². The molecule has 2 fully saturated rings. The van der Waals surface area contributed by atoms with Gasteiger partial charge < -0.3 is 25.1 Å². The molecule has 1 aromatic heterocycles. The number of hydrogen-bond acceptors (Lipinski definition) is 8. The summed E-state index contributed by atoms with van der Waals surface area (Å²) in [4.78, 5) is 19.2. The first kappa shape index (κ1) is 13.4. The standard InChI is InChI=1S/C11H16N4O5/c1-11(2)19-6-5(3-16)18-8(7(6)20-11)15-4-13-9(12)14-10(15)17/h4-8,16H,3H2,1-2H3,(H2,12,14,17)/t5-,6+,7-,8+/m1/s1. The number of nitrogens with two attached hydrogens (primary N) is 1. The largest absolute Gasteiger partial charge is 0.394 e. The summed E-state index contributed by atoms with van der Waals surface area (Å²) in [7, 11) is 0. The molecule has 3 heterocycles. The van der Waals surface area contributed by atoms with Gasteiger partial charge in [-0.3, -0.25) is 4.57 Å². The molecular formula is C11H16N4O5. The zero-order valence-electron chi connectivity index (χ0n) is 11.1. The van der Waals surface area contributed by atoms with Gasteiger partial charge in [-0.25, -0.2) is 9.78 Å². The highest BCUT2D eigenvalue weighted by Gasteiger charge is 2.55. The smallest absolute Gasteiger partial charge is 0.354 e. The summed E-state index contributed by atoms with van der Waals surface area (Å²) in [6, 6.07) is 0. The minimum absolute atomic E-state index is 0.108. The molecule has 0 spiro atoms. The van der Waals surface area contributed by atoms with Crippen LogP contribution in [-0.2, 0) is 14.2 Å². The van der Waals surface area contributed by atoms with E-state index in [1.165, 1.54) is 10.9 Å². The van der Waals surface area contributed by atoms with Crippen molar-refractivity contribution in [3.05, 3.63) is 16.8 Å². The van der Waals surface area contributed by atoms with E-state index in [0.29, 0.717) is 0 Å². The van der Waals surface area contributed by atoms with Crippen molar-refractivity contribution in [1.29, 1.82) is 0 Å². The van der Waals surface area contributed by atoms with Gasteiger partial charge in [0.1, 0.15) is 24.6 Å². The molecule has 0 saturated carbocycles. The van der Waals surface area contributed by atoms with Crippen LogP contribution in [0.25, 0.3) is 0 Å². The van der Waals surface area contributed by atoms with Gasteiger partial charge in [-0.2, -0.15) is 4.98 Å². The van der Waals surface area contributed by atoms with Gasteiger partial charge in [-0.05, 0) is 13.8 Å². The molecule has 0 amide bonds. The number of aliphatic hydroxyl groups excluding tert-OH is 1. The molecule has 20 heavy (non-hydrogen) atoms. The second-order valence-corrected chi connectivity index (χ2v) is 5.22. The number of aromatic nitrogens is 3. The third-order valence-electron chi connectivity index (χ3n) is 3.32. The quantitative estimate of drug-likeness (QED) is 0.682. The van der Waals surface area contributed by atoms with Crippen molar-refractivity contribution >= 4 is 5.95 Å². The molecule has 2 aliphatic rings. The fourth-order valence-corrected chi connectivity index (χ4v) is 2.56. The van der Waals surface area contributed by atoms with Gasteiger partial charge in [-0.1, -0.05) is 0 Å². The Hall–Kier alpha value is -1.55. The van der Waals surface area contributed by atoms with Crippen LogP contribution in [0, 0.1) is 0 Å². The summed E-state index contributed by atoms with van der Waals surface area (Å²) in [6.07, 6.45) is -1.05. The molecule has 1 aromatic rings. The monoisotopic (exact) mass is 284 g/mol. The SMILES string of the molecule is CC1(C)O[C@@H]2[C@@H](O1)[C@@H](n1cnc(N)nc1=O)O[C@@H]2CO. The number of anilines is 1. The minimum atomic E-state index is -0.803. The van der Waals surface area contributed by atoms with E-state index < -0.39 is 36.0 Å². The van der Waals surface area contributed by atoms with Crippen molar-refractivity contribution in [2.24, 2.45) is 0 Å². The first-order chi connectivity index (χ1) is 9.41. The Balaban J connectivity index is 1.96. The number of aliphatic hydroxyl groups is 1. The van der Waals surface area contributed by atoms with E-state index in [1.807, 2.05) is 0 Å². The highest BCUT2D eigenvalue weighted by atomic mass is 16.8. The van der Waals surface area contributed by atoms with Gasteiger partial charge in [0.15, 0.2) is 12.0 Å². The van der Waals surface area contributed by atoms with Crippen LogP contribution in [0.15, 0.2) is 11.1 Å². The van der Waals surface area contributed by atoms with Gasteiger partial charge in [0, 0.05) is 0 Å². The van der Waals surface area contributed by atoms with Crippen LogP contribution in [0.1, 0.15) is 20.1 Å². The maximum Gasteiger partial charge on any atom is 0.354 e. The summed E-state index contributed by atoms with van der Waals surface area (Å²) in [5, 5.41) is 9.36. The Labute approximate surface area is 114 Å². The predicted molar refractivity (Wildman–Crippen MR) is 65.5 cm³/mol. The van der Waals surface area contributed by atoms with Gasteiger partial charge in [0.05, 0.1) is 6.61 Å². The summed E-state index contributed by atoms with van der Waals surface area (Å²) in [5.74, 6) is -0.910. The van der Waals surface area contributed by atoms with E-state index in [4.69, 9.17) is 19.9 Å². The zero-order chi connectivity index (χ0) is 14.5. The number of nitrogens with zero attached hydrogens (tertiary/aromatic N) is 3. The second-order valence-electron chi connectivity index (χ2n) is 5.22. The van der Waals surface area contributed by atoms with E-state index in [2.05, 4.69) is 9.97 Å². The van der Waals surface area contributed by atoms with Gasteiger partial charge >= 0.3 is 5.69 Å². The molecule has 110 valence electrons. The summed E-state index contributed by atoms with van der Waals surface area (Å²) in [6.45, 7) is 3.29. The molecule has 0 aliphatic carbocycles. The van der Waals surface area contributed by atoms with Crippen LogP contribution in [-0.4, -0.2) is 50.3 Å². The summed E-state index contributed by atoms with van der Waals surface area (Å²) >= 11 is 0. The average Bonchev–Trinajstić information content (AvgIpc) is 2.83. The molecule has 0 aromatic carbocycles. The normalized spacial score (nSPS) is 35.1. The second kappa shape index (κ2) is 4.48. The van der Waals surface area contributed by atoms with E-state index in [9.17, 15) is 9.90 Å². The molecule has 0 unspecified atom stereocenters. The highest BCUT2D eigenvalue weighted by molar-refractivity contribution is 5.10. The Morgan fingerprint density at radius 2 is 2.15 bits per heavy atom. The molecule has 0 radical (unpaired) electrons. The van der Waals surface area contributed by atoms with Crippen molar-refractivity contribution in [3.63, 3.8) is 0 Å². The lowest BCUT2D eigenvalue weighted by molar-refractivity contribution is -0.200. The fraction of sp³-hybridized carbons (Fsp3) is 0.727. The Morgan fingerprint density at radius 1 is 1.45 bits per heavy atom. The summed E-state index contributed by atoms with van der Waals surface area (Å²) < 4.78 is 18.3. The van der Waals surface area contributed by atoms with E-state index in [-0.39, 0.29) is 12.6 Å². The highest BCUT2D eigenvalue weighted by Crippen LogP contribution is 2.42. The van der Waals surface area contributed by atoms with Crippen LogP contribution < -0.4 is 11.4 Å². The van der Waals surface area contributed by atoms with Crippen LogP contribution in [0.3, 0.4) is 0 Å². The number of rotatable bonds is 2. The van der Waals surface area contributed by atoms with E-state index in [0.717, 1.165) is 0 Å². The Bertz CT molecular complexity index is 574. The maximum absolute atomic E-state index is 11.9. The van der Waals surface area contributed by atoms with Crippen LogP contribution in [0.2, 0.25) is 0 Å². The lowest BCUT2D eigenvalue weighted by Crippen LogP contribution is -2.35. The first-order valence-electron chi connectivity index (χ1n) is 6.24. The molecule has 2 saturated heterocycles. The molecule has 9 heteroatoms. The molecule has 4 atom stereocenters. The lowest BCUT2D eigenvalue weighted by Gasteiger charge is -2.24. The van der Waals surface area contributed by atoms with E-state index >= 15 is 0 Å². The third kappa shape index (κ3) is 2.08. The minimum Gasteiger partial charge on any atom is -0.394 e. The van der Waals surface area contributed by atoms with Crippen molar-refractivity contribution in [3.8, 4) is 0 Å². The fourth-order valence-electron chi connectivity index (χ4n) is 2.56. The molecule has 3 rings (SSSR count). The van der Waals surface area contributed by atoms with Crippen molar-refractivity contribution in [1.82, 2.24) is 14.5 Å². The predicted octanol–water partition coefficient (Wildman–Crippen LogP) is -1.37. The van der Waals surface area contributed by atoms with Gasteiger partial charge in [0.25, 0.3) is 0 Å². The Morgan fingerprint density at radius 3 is 2.80 bits per heavy atom. The number of nitrogen functional groups attached to an aromatic ring is 1.